The zero-order valence-electron chi connectivity index (χ0n) is 6.53. The third-order valence-electron chi connectivity index (χ3n) is 1.56. The van der Waals surface area contributed by atoms with Crippen molar-refractivity contribution in [3.8, 4) is 0 Å². The highest BCUT2D eigenvalue weighted by molar-refractivity contribution is 7.16. The van der Waals surface area contributed by atoms with Crippen molar-refractivity contribution in [1.82, 2.24) is 14.6 Å². The van der Waals surface area contributed by atoms with Gasteiger partial charge in [0.1, 0.15) is 5.01 Å². The highest BCUT2D eigenvalue weighted by Gasteiger charge is 2.02. The average Bonchev–Trinajstić information content (AvgIpc) is 2.43. The Morgan fingerprint density at radius 1 is 1.64 bits per heavy atom. The van der Waals surface area contributed by atoms with E-state index in [0.29, 0.717) is 0 Å². The van der Waals surface area contributed by atoms with E-state index in [4.69, 9.17) is 0 Å². The molecule has 2 rings (SSSR count). The van der Waals surface area contributed by atoms with Crippen molar-refractivity contribution in [1.29, 1.82) is 0 Å². The topological polar surface area (TPSA) is 30.2 Å². The van der Waals surface area contributed by atoms with Crippen molar-refractivity contribution in [3.05, 3.63) is 16.9 Å². The van der Waals surface area contributed by atoms with Crippen molar-refractivity contribution in [3.63, 3.8) is 0 Å². The largest absolute Gasteiger partial charge is 0.223 e. The van der Waals surface area contributed by atoms with Gasteiger partial charge >= 0.3 is 0 Å². The highest BCUT2D eigenvalue weighted by atomic mass is 32.1. The van der Waals surface area contributed by atoms with E-state index in [1.807, 2.05) is 17.6 Å². The molecule has 0 unspecified atom stereocenters. The zero-order chi connectivity index (χ0) is 7.84. The van der Waals surface area contributed by atoms with Gasteiger partial charge in [0.2, 0.25) is 4.96 Å². The van der Waals surface area contributed by atoms with Crippen molar-refractivity contribution in [2.75, 3.05) is 0 Å². The molecule has 2 aromatic heterocycles. The first-order chi connectivity index (χ1) is 5.29. The standard InChI is InChI=1S/C7H9N3S/c1-3-6-4-10-7(8-6)11-5(2)9-10/h4H,3H2,1-2H3. The van der Waals surface area contributed by atoms with Crippen molar-refractivity contribution in [2.24, 2.45) is 0 Å². The molecular weight excluding hydrogens is 158 g/mol. The van der Waals surface area contributed by atoms with Crippen LogP contribution in [0, 0.1) is 6.92 Å². The van der Waals surface area contributed by atoms with E-state index >= 15 is 0 Å². The summed E-state index contributed by atoms with van der Waals surface area (Å²) in [6.07, 6.45) is 2.97. The number of imidazole rings is 1. The first-order valence-electron chi connectivity index (χ1n) is 3.61. The molecule has 0 N–H and O–H groups in total. The minimum Gasteiger partial charge on any atom is -0.223 e. The van der Waals surface area contributed by atoms with Crippen LogP contribution >= 0.6 is 11.3 Å². The number of hydrogen-bond donors (Lipinski definition) is 0. The summed E-state index contributed by atoms with van der Waals surface area (Å²) in [7, 11) is 0. The number of hydrogen-bond acceptors (Lipinski definition) is 3. The van der Waals surface area contributed by atoms with Crippen molar-refractivity contribution < 1.29 is 0 Å². The van der Waals surface area contributed by atoms with Gasteiger partial charge < -0.3 is 0 Å². The zero-order valence-corrected chi connectivity index (χ0v) is 7.35. The van der Waals surface area contributed by atoms with Gasteiger partial charge in [-0.05, 0) is 13.3 Å². The fourth-order valence-corrected chi connectivity index (χ4v) is 1.76. The van der Waals surface area contributed by atoms with Crippen LogP contribution in [0.1, 0.15) is 17.6 Å². The lowest BCUT2D eigenvalue weighted by molar-refractivity contribution is 0.938. The van der Waals surface area contributed by atoms with E-state index in [9.17, 15) is 0 Å². The Morgan fingerprint density at radius 2 is 2.45 bits per heavy atom. The van der Waals surface area contributed by atoms with Gasteiger partial charge in [-0.15, -0.1) is 0 Å². The number of rotatable bonds is 1. The molecule has 0 bridgehead atoms. The molecule has 0 atom stereocenters. The van der Waals surface area contributed by atoms with Gasteiger partial charge in [-0.2, -0.15) is 5.10 Å². The van der Waals surface area contributed by atoms with Crippen LogP contribution in [0.15, 0.2) is 6.20 Å². The van der Waals surface area contributed by atoms with Crippen LogP contribution in [0.3, 0.4) is 0 Å². The quantitative estimate of drug-likeness (QED) is 0.646. The third-order valence-corrected chi connectivity index (χ3v) is 2.39. The summed E-state index contributed by atoms with van der Waals surface area (Å²) in [5.74, 6) is 0. The van der Waals surface area contributed by atoms with Gasteiger partial charge in [-0.25, -0.2) is 9.50 Å². The minimum atomic E-state index is 0.981. The molecule has 0 radical (unpaired) electrons. The molecule has 0 spiro atoms. The second-order valence-corrected chi connectivity index (χ2v) is 3.59. The van der Waals surface area contributed by atoms with Gasteiger partial charge in [0.25, 0.3) is 0 Å². The second kappa shape index (κ2) is 2.30. The molecule has 3 nitrogen and oxygen atoms in total. The van der Waals surface area contributed by atoms with Crippen LogP contribution in [0.4, 0.5) is 0 Å². The monoisotopic (exact) mass is 167 g/mol. The van der Waals surface area contributed by atoms with E-state index in [1.165, 1.54) is 0 Å². The van der Waals surface area contributed by atoms with E-state index in [-0.39, 0.29) is 0 Å². The predicted molar refractivity (Wildman–Crippen MR) is 45.0 cm³/mol. The molecule has 4 heteroatoms. The van der Waals surface area contributed by atoms with E-state index in [0.717, 1.165) is 22.1 Å². The molecular formula is C7H9N3S. The van der Waals surface area contributed by atoms with Gasteiger partial charge in [-0.1, -0.05) is 18.3 Å². The van der Waals surface area contributed by atoms with Crippen LogP contribution in [0.2, 0.25) is 0 Å². The third kappa shape index (κ3) is 1.03. The fourth-order valence-electron chi connectivity index (χ4n) is 1.02. The summed E-state index contributed by atoms with van der Waals surface area (Å²) in [6.45, 7) is 4.09. The van der Waals surface area contributed by atoms with Crippen molar-refractivity contribution >= 4 is 16.3 Å². The Morgan fingerprint density at radius 3 is 3.09 bits per heavy atom. The van der Waals surface area contributed by atoms with E-state index in [2.05, 4.69) is 17.0 Å². The van der Waals surface area contributed by atoms with E-state index in [1.54, 1.807) is 11.3 Å². The van der Waals surface area contributed by atoms with Crippen LogP contribution < -0.4 is 0 Å². The summed E-state index contributed by atoms with van der Waals surface area (Å²) in [5, 5.41) is 5.32. The second-order valence-electron chi connectivity index (χ2n) is 2.43. The molecule has 0 amide bonds. The fraction of sp³-hybridized carbons (Fsp3) is 0.429. The summed E-state index contributed by atoms with van der Waals surface area (Å²) >= 11 is 1.63. The molecule has 2 aromatic rings. The number of nitrogens with zero attached hydrogens (tertiary/aromatic N) is 3. The Hall–Kier alpha value is -0.900. The maximum Gasteiger partial charge on any atom is 0.212 e. The number of aromatic nitrogens is 3. The Labute approximate surface area is 68.7 Å². The molecule has 0 saturated carbocycles. The molecule has 0 aliphatic heterocycles. The van der Waals surface area contributed by atoms with Gasteiger partial charge in [0.05, 0.1) is 11.9 Å². The molecule has 11 heavy (non-hydrogen) atoms. The van der Waals surface area contributed by atoms with Crippen molar-refractivity contribution in [2.45, 2.75) is 20.3 Å². The first-order valence-corrected chi connectivity index (χ1v) is 4.43. The minimum absolute atomic E-state index is 0.981. The van der Waals surface area contributed by atoms with Crippen LogP contribution in [0.25, 0.3) is 4.96 Å². The molecule has 0 aliphatic carbocycles. The summed E-state index contributed by atoms with van der Waals surface area (Å²) in [5.41, 5.74) is 1.11. The van der Waals surface area contributed by atoms with Gasteiger partial charge in [0, 0.05) is 0 Å². The highest BCUT2D eigenvalue weighted by Crippen LogP contribution is 2.13. The lowest BCUT2D eigenvalue weighted by atomic mass is 10.4. The Kier molecular flexibility index (Phi) is 1.42. The lowest BCUT2D eigenvalue weighted by Gasteiger charge is -1.80. The average molecular weight is 167 g/mol. The molecule has 0 aliphatic rings. The first kappa shape index (κ1) is 6.79. The van der Waals surface area contributed by atoms with Gasteiger partial charge in [0.15, 0.2) is 0 Å². The van der Waals surface area contributed by atoms with Gasteiger partial charge in [-0.3, -0.25) is 0 Å². The molecule has 0 aromatic carbocycles. The maximum atomic E-state index is 4.37. The Balaban J connectivity index is 2.64. The van der Waals surface area contributed by atoms with E-state index < -0.39 is 0 Å². The predicted octanol–water partition coefficient (Wildman–Crippen LogP) is 1.66. The van der Waals surface area contributed by atoms with Crippen LogP contribution in [-0.2, 0) is 6.42 Å². The summed E-state index contributed by atoms with van der Waals surface area (Å²) in [6, 6.07) is 0. The normalized spacial score (nSPS) is 11.1. The number of aryl methyl sites for hydroxylation is 2. The summed E-state index contributed by atoms with van der Waals surface area (Å²) in [4.78, 5) is 5.37. The summed E-state index contributed by atoms with van der Waals surface area (Å²) < 4.78 is 1.85. The molecule has 58 valence electrons. The Bertz CT molecular complexity index is 342. The molecule has 0 saturated heterocycles. The maximum absolute atomic E-state index is 4.37. The smallest absolute Gasteiger partial charge is 0.212 e. The van der Waals surface area contributed by atoms with Crippen LogP contribution in [0.5, 0.6) is 0 Å². The molecule has 0 fully saturated rings. The van der Waals surface area contributed by atoms with Crippen LogP contribution in [-0.4, -0.2) is 14.6 Å². The molecule has 2 heterocycles. The number of fused-ring (bicyclic) bond motifs is 1. The SMILES string of the molecule is CCc1cn2nc(C)sc2n1. The lowest BCUT2D eigenvalue weighted by Crippen LogP contribution is -1.80.